The van der Waals surface area contributed by atoms with Crippen molar-refractivity contribution in [3.05, 3.63) is 17.5 Å². The van der Waals surface area contributed by atoms with Crippen molar-refractivity contribution >= 4 is 12.0 Å². The van der Waals surface area contributed by atoms with Gasteiger partial charge in [-0.3, -0.25) is 0 Å². The Morgan fingerprint density at radius 1 is 1.29 bits per heavy atom. The summed E-state index contributed by atoms with van der Waals surface area (Å²) in [6.07, 6.45) is 1.69. The van der Waals surface area contributed by atoms with Gasteiger partial charge in [-0.2, -0.15) is 0 Å². The number of piperazine rings is 1. The van der Waals surface area contributed by atoms with Crippen LogP contribution in [0.3, 0.4) is 0 Å². The zero-order valence-electron chi connectivity index (χ0n) is 15.0. The molecule has 0 aliphatic carbocycles. The monoisotopic (exact) mass is 333 g/mol. The molecule has 1 aromatic rings. The smallest absolute Gasteiger partial charge is 0.410 e. The van der Waals surface area contributed by atoms with Crippen molar-refractivity contribution in [2.45, 2.75) is 45.8 Å². The molecule has 1 aromatic heterocycles. The lowest BCUT2D eigenvalue weighted by molar-refractivity contribution is 0.0240. The Balaban J connectivity index is 1.63. The number of nitrogens with one attached hydrogen (secondary N) is 1. The number of nitrogens with zero attached hydrogens (tertiary/aromatic N) is 4. The van der Waals surface area contributed by atoms with Crippen molar-refractivity contribution in [2.75, 3.05) is 37.6 Å². The van der Waals surface area contributed by atoms with E-state index in [0.29, 0.717) is 19.0 Å². The van der Waals surface area contributed by atoms with Crippen molar-refractivity contribution in [2.24, 2.45) is 0 Å². The van der Waals surface area contributed by atoms with Crippen molar-refractivity contribution in [1.82, 2.24) is 20.2 Å². The van der Waals surface area contributed by atoms with Crippen molar-refractivity contribution in [1.29, 1.82) is 0 Å². The van der Waals surface area contributed by atoms with E-state index in [4.69, 9.17) is 9.72 Å². The summed E-state index contributed by atoms with van der Waals surface area (Å²) >= 11 is 0. The van der Waals surface area contributed by atoms with Crippen LogP contribution in [0.4, 0.5) is 10.7 Å². The van der Waals surface area contributed by atoms with E-state index in [-0.39, 0.29) is 6.09 Å². The van der Waals surface area contributed by atoms with Crippen LogP contribution in [0, 0.1) is 0 Å². The first-order chi connectivity index (χ1) is 11.3. The topological polar surface area (TPSA) is 70.6 Å². The summed E-state index contributed by atoms with van der Waals surface area (Å²) in [6, 6.07) is 0. The third-order valence-electron chi connectivity index (χ3n) is 4.33. The highest BCUT2D eigenvalue weighted by Gasteiger charge is 2.27. The van der Waals surface area contributed by atoms with Gasteiger partial charge < -0.3 is 19.9 Å². The predicted molar refractivity (Wildman–Crippen MR) is 92.2 cm³/mol. The molecule has 7 heteroatoms. The number of fused-ring (bicyclic) bond motifs is 1. The van der Waals surface area contributed by atoms with E-state index < -0.39 is 5.60 Å². The van der Waals surface area contributed by atoms with Crippen LogP contribution in [0.2, 0.25) is 0 Å². The van der Waals surface area contributed by atoms with Gasteiger partial charge in [-0.25, -0.2) is 14.8 Å². The van der Waals surface area contributed by atoms with Gasteiger partial charge in [0.2, 0.25) is 5.95 Å². The summed E-state index contributed by atoms with van der Waals surface area (Å²) in [7, 11) is 0. The second kappa shape index (κ2) is 6.55. The first kappa shape index (κ1) is 17.0. The summed E-state index contributed by atoms with van der Waals surface area (Å²) < 4.78 is 5.44. The second-order valence-corrected chi connectivity index (χ2v) is 7.57. The zero-order valence-corrected chi connectivity index (χ0v) is 15.0. The normalized spacial score (nSPS) is 21.4. The van der Waals surface area contributed by atoms with E-state index in [1.54, 1.807) is 4.90 Å². The highest BCUT2D eigenvalue weighted by Crippen LogP contribution is 2.23. The van der Waals surface area contributed by atoms with E-state index in [0.717, 1.165) is 37.8 Å². The molecule has 1 N–H and O–H groups in total. The summed E-state index contributed by atoms with van der Waals surface area (Å²) in [4.78, 5) is 25.4. The number of rotatable bonds is 1. The van der Waals surface area contributed by atoms with Crippen LogP contribution in [0.25, 0.3) is 0 Å². The fraction of sp³-hybridized carbons (Fsp3) is 0.706. The number of aromatic nitrogens is 2. The average molecular weight is 333 g/mol. The molecule has 0 bridgehead atoms. The van der Waals surface area contributed by atoms with Crippen LogP contribution in [0.15, 0.2) is 6.20 Å². The summed E-state index contributed by atoms with van der Waals surface area (Å²) in [5.74, 6) is 1.17. The minimum Gasteiger partial charge on any atom is -0.444 e. The van der Waals surface area contributed by atoms with Crippen molar-refractivity contribution in [3.63, 3.8) is 0 Å². The Morgan fingerprint density at radius 3 is 2.67 bits per heavy atom. The standard InChI is InChI=1S/C17H27N5O2/c1-12-9-18-10-13-11-19-15(20-14(12)13)21-5-7-22(8-6-21)16(23)24-17(2,3)4/h11-12,18H,5-10H2,1-4H3. The molecule has 2 aliphatic rings. The maximum absolute atomic E-state index is 12.1. The summed E-state index contributed by atoms with van der Waals surface area (Å²) in [5.41, 5.74) is 1.87. The van der Waals surface area contributed by atoms with E-state index in [2.05, 4.69) is 22.1 Å². The van der Waals surface area contributed by atoms with Gasteiger partial charge in [0.1, 0.15) is 5.60 Å². The quantitative estimate of drug-likeness (QED) is 0.844. The molecule has 1 fully saturated rings. The molecule has 1 amide bonds. The van der Waals surface area contributed by atoms with Crippen molar-refractivity contribution < 1.29 is 9.53 Å². The van der Waals surface area contributed by atoms with E-state index in [1.807, 2.05) is 27.0 Å². The largest absolute Gasteiger partial charge is 0.444 e. The number of carbonyl (C=O) groups excluding carboxylic acids is 1. The second-order valence-electron chi connectivity index (χ2n) is 7.57. The predicted octanol–water partition coefficient (Wildman–Crippen LogP) is 1.74. The van der Waals surface area contributed by atoms with Gasteiger partial charge in [0, 0.05) is 56.9 Å². The van der Waals surface area contributed by atoms with Gasteiger partial charge in [-0.15, -0.1) is 0 Å². The molecule has 3 rings (SSSR count). The minimum absolute atomic E-state index is 0.242. The van der Waals surface area contributed by atoms with Gasteiger partial charge in [-0.1, -0.05) is 6.92 Å². The molecule has 1 unspecified atom stereocenters. The lowest BCUT2D eigenvalue weighted by Gasteiger charge is -2.36. The van der Waals surface area contributed by atoms with Crippen LogP contribution in [0.5, 0.6) is 0 Å². The van der Waals surface area contributed by atoms with Crippen LogP contribution < -0.4 is 10.2 Å². The third kappa shape index (κ3) is 3.77. The maximum atomic E-state index is 12.1. The zero-order chi connectivity index (χ0) is 17.3. The Kier molecular flexibility index (Phi) is 4.62. The molecule has 1 saturated heterocycles. The van der Waals surface area contributed by atoms with Gasteiger partial charge in [0.15, 0.2) is 0 Å². The highest BCUT2D eigenvalue weighted by molar-refractivity contribution is 5.68. The van der Waals surface area contributed by atoms with Crippen molar-refractivity contribution in [3.8, 4) is 0 Å². The molecular formula is C17H27N5O2. The minimum atomic E-state index is -0.458. The summed E-state index contributed by atoms with van der Waals surface area (Å²) in [5, 5.41) is 3.37. The number of hydrogen-bond donors (Lipinski definition) is 1. The molecule has 1 atom stereocenters. The molecule has 7 nitrogen and oxygen atoms in total. The van der Waals surface area contributed by atoms with E-state index in [1.165, 1.54) is 5.56 Å². The molecule has 132 valence electrons. The first-order valence-corrected chi connectivity index (χ1v) is 8.63. The summed E-state index contributed by atoms with van der Waals surface area (Å²) in [6.45, 7) is 12.4. The SMILES string of the molecule is CC1CNCc2cnc(N3CCN(C(=O)OC(C)(C)C)CC3)nc21. The molecule has 24 heavy (non-hydrogen) atoms. The lowest BCUT2D eigenvalue weighted by atomic mass is 9.99. The molecule has 3 heterocycles. The van der Waals surface area contributed by atoms with E-state index >= 15 is 0 Å². The number of amides is 1. The van der Waals surface area contributed by atoms with Gasteiger partial charge in [0.05, 0.1) is 5.69 Å². The van der Waals surface area contributed by atoms with Gasteiger partial charge in [0.25, 0.3) is 0 Å². The number of hydrogen-bond acceptors (Lipinski definition) is 6. The fourth-order valence-corrected chi connectivity index (χ4v) is 3.06. The Morgan fingerprint density at radius 2 is 2.00 bits per heavy atom. The van der Waals surface area contributed by atoms with E-state index in [9.17, 15) is 4.79 Å². The number of anilines is 1. The van der Waals surface area contributed by atoms with Gasteiger partial charge >= 0.3 is 6.09 Å². The average Bonchev–Trinajstić information content (AvgIpc) is 2.53. The maximum Gasteiger partial charge on any atom is 0.410 e. The lowest BCUT2D eigenvalue weighted by Crippen LogP contribution is -2.50. The van der Waals surface area contributed by atoms with Crippen LogP contribution in [0.1, 0.15) is 44.9 Å². The molecule has 0 radical (unpaired) electrons. The molecule has 0 spiro atoms. The van der Waals surface area contributed by atoms with Crippen LogP contribution >= 0.6 is 0 Å². The fourth-order valence-electron chi connectivity index (χ4n) is 3.06. The Labute approximate surface area is 143 Å². The Hall–Kier alpha value is -1.89. The molecular weight excluding hydrogens is 306 g/mol. The Bertz CT molecular complexity index is 605. The molecule has 0 saturated carbocycles. The number of carbonyl (C=O) groups is 1. The van der Waals surface area contributed by atoms with Crippen LogP contribution in [-0.2, 0) is 11.3 Å². The highest BCUT2D eigenvalue weighted by atomic mass is 16.6. The number of ether oxygens (including phenoxy) is 1. The van der Waals surface area contributed by atoms with Crippen LogP contribution in [-0.4, -0.2) is 59.3 Å². The third-order valence-corrected chi connectivity index (χ3v) is 4.33. The van der Waals surface area contributed by atoms with Gasteiger partial charge in [-0.05, 0) is 20.8 Å². The first-order valence-electron chi connectivity index (χ1n) is 8.63. The molecule has 2 aliphatic heterocycles. The molecule has 0 aromatic carbocycles.